The van der Waals surface area contributed by atoms with Crippen LogP contribution in [0.2, 0.25) is 0 Å². The van der Waals surface area contributed by atoms with Crippen LogP contribution in [0.3, 0.4) is 0 Å². The number of hydrogen-bond donors (Lipinski definition) is 0. The van der Waals surface area contributed by atoms with E-state index in [9.17, 15) is 14.4 Å². The van der Waals surface area contributed by atoms with E-state index in [-0.39, 0.29) is 31.1 Å². The van der Waals surface area contributed by atoms with Gasteiger partial charge in [-0.2, -0.15) is 0 Å². The van der Waals surface area contributed by atoms with Crippen molar-refractivity contribution in [2.24, 2.45) is 0 Å². The molecule has 0 N–H and O–H groups in total. The Morgan fingerprint density at radius 2 is 0.476 bits per heavy atom. The van der Waals surface area contributed by atoms with E-state index in [0.29, 0.717) is 25.7 Å². The van der Waals surface area contributed by atoms with E-state index in [4.69, 9.17) is 14.2 Å². The summed E-state index contributed by atoms with van der Waals surface area (Å²) in [5.74, 6) is -0.953. The molecule has 0 radical (unpaired) electrons. The largest absolute Gasteiger partial charge is 0.462 e. The Balaban J connectivity index is 4.41. The van der Waals surface area contributed by atoms with Gasteiger partial charge in [0.05, 0.1) is 0 Å². The van der Waals surface area contributed by atoms with Crippen LogP contribution in [-0.2, 0) is 28.6 Å². The molecule has 0 bridgehead atoms. The summed E-state index contributed by atoms with van der Waals surface area (Å²) in [5.41, 5.74) is 0. The van der Waals surface area contributed by atoms with Gasteiger partial charge in [-0.25, -0.2) is 0 Å². The molecule has 462 valence electrons. The van der Waals surface area contributed by atoms with E-state index in [1.54, 1.807) is 0 Å². The van der Waals surface area contributed by atoms with E-state index in [2.05, 4.69) is 179 Å². The Morgan fingerprint density at radius 3 is 0.768 bits per heavy atom. The zero-order valence-corrected chi connectivity index (χ0v) is 52.9. The van der Waals surface area contributed by atoms with Gasteiger partial charge in [0.2, 0.25) is 0 Å². The van der Waals surface area contributed by atoms with Gasteiger partial charge in [0, 0.05) is 19.3 Å². The van der Waals surface area contributed by atoms with Crippen molar-refractivity contribution in [3.63, 3.8) is 0 Å². The Labute approximate surface area is 505 Å². The van der Waals surface area contributed by atoms with Crippen LogP contribution < -0.4 is 0 Å². The van der Waals surface area contributed by atoms with Gasteiger partial charge >= 0.3 is 17.9 Å². The molecule has 6 nitrogen and oxygen atoms in total. The summed E-state index contributed by atoms with van der Waals surface area (Å²) in [6, 6.07) is 0. The fraction of sp³-hybridized carbons (Fsp3) is 0.618. The normalized spacial score (nSPS) is 13.2. The maximum atomic E-state index is 12.9. The number of unbranched alkanes of at least 4 members (excludes halogenated alkanes) is 22. The van der Waals surface area contributed by atoms with Crippen LogP contribution in [0.15, 0.2) is 158 Å². The molecule has 0 heterocycles. The molecule has 82 heavy (non-hydrogen) atoms. The third-order valence-electron chi connectivity index (χ3n) is 13.8. The summed E-state index contributed by atoms with van der Waals surface area (Å²) in [7, 11) is 0. The summed E-state index contributed by atoms with van der Waals surface area (Å²) in [6.45, 7) is 6.38. The molecule has 0 saturated carbocycles. The third-order valence-corrected chi connectivity index (χ3v) is 13.8. The molecule has 0 aliphatic carbocycles. The Bertz CT molecular complexity index is 1830. The number of carbonyl (C=O) groups excluding carboxylic acids is 3. The summed E-state index contributed by atoms with van der Waals surface area (Å²) in [6.07, 6.45) is 99.7. The number of esters is 3. The van der Waals surface area contributed by atoms with Crippen LogP contribution in [0.4, 0.5) is 0 Å². The Kier molecular flexibility index (Phi) is 64.4. The minimum atomic E-state index is -0.808. The fourth-order valence-corrected chi connectivity index (χ4v) is 8.84. The van der Waals surface area contributed by atoms with Crippen molar-refractivity contribution in [2.45, 2.75) is 290 Å². The quantitative estimate of drug-likeness (QED) is 0.0261. The van der Waals surface area contributed by atoms with Crippen molar-refractivity contribution < 1.29 is 28.6 Å². The summed E-state index contributed by atoms with van der Waals surface area (Å²) >= 11 is 0. The zero-order valence-electron chi connectivity index (χ0n) is 52.9. The molecule has 0 rings (SSSR count). The van der Waals surface area contributed by atoms with E-state index in [0.717, 1.165) is 141 Å². The second kappa shape index (κ2) is 68.5. The van der Waals surface area contributed by atoms with Gasteiger partial charge in [-0.15, -0.1) is 0 Å². The molecule has 0 amide bonds. The first-order valence-electron chi connectivity index (χ1n) is 33.5. The smallest absolute Gasteiger partial charge is 0.306 e. The van der Waals surface area contributed by atoms with Crippen LogP contribution in [0.1, 0.15) is 284 Å². The van der Waals surface area contributed by atoms with Gasteiger partial charge in [0.15, 0.2) is 6.10 Å². The molecule has 0 saturated heterocycles. The van der Waals surface area contributed by atoms with E-state index < -0.39 is 6.10 Å². The average molecular weight is 1130 g/mol. The molecular formula is C76H122O6. The second-order valence-electron chi connectivity index (χ2n) is 21.6. The number of carbonyl (C=O) groups is 3. The monoisotopic (exact) mass is 1130 g/mol. The van der Waals surface area contributed by atoms with Gasteiger partial charge in [-0.05, 0) is 128 Å². The molecule has 1 atom stereocenters. The molecule has 0 aromatic carbocycles. The number of allylic oxidation sites excluding steroid dienone is 26. The molecule has 0 aliphatic rings. The van der Waals surface area contributed by atoms with Crippen LogP contribution in [0, 0.1) is 0 Å². The minimum absolute atomic E-state index is 0.0990. The van der Waals surface area contributed by atoms with Gasteiger partial charge in [0.1, 0.15) is 13.2 Å². The lowest BCUT2D eigenvalue weighted by Gasteiger charge is -2.18. The highest BCUT2D eigenvalue weighted by molar-refractivity contribution is 5.71. The third kappa shape index (κ3) is 65.8. The standard InChI is InChI=1S/C76H122O6/c1-4-7-10-13-16-19-22-25-28-30-31-32-33-34-35-36-37-38-39-40-41-42-43-44-45-47-48-51-54-57-60-63-66-69-75(78)81-72-73(71-80-74(77)68-65-62-59-56-53-50-27-24-21-18-15-12-9-6-3)82-76(79)70-67-64-61-58-55-52-49-46-29-26-23-20-17-14-11-8-5-2/h7-8,10-11,16-17,19-20,25-26,28-29,31-32,34-35,37-38,40-41,43-44,47-48,54,57,73H,4-6,9,12-15,18,21-24,27,30,33,36,39,42,45-46,49-53,55-56,58-72H2,1-3H3/b10-7-,11-8-,19-16-,20-17-,28-25-,29-26-,32-31-,35-34-,38-37-,41-40-,44-43-,48-47-,57-54-. The van der Waals surface area contributed by atoms with Gasteiger partial charge in [0.25, 0.3) is 0 Å². The molecule has 0 fully saturated rings. The molecular weight excluding hydrogens is 1010 g/mol. The maximum absolute atomic E-state index is 12.9. The molecule has 6 heteroatoms. The SMILES string of the molecule is CC/C=C\C/C=C\C/C=C\C/C=C\C/C=C\C/C=C\C/C=C\C/C=C\C/C=C\C/C=C\CCCCC(=O)OCC(COC(=O)CCCCCCCCCCCCCCCC)OC(=O)CCCCCCCCC/C=C\C/C=C\C/C=C\CC. The van der Waals surface area contributed by atoms with E-state index in [1.807, 2.05) is 0 Å². The topological polar surface area (TPSA) is 78.9 Å². The second-order valence-corrected chi connectivity index (χ2v) is 21.6. The highest BCUT2D eigenvalue weighted by Gasteiger charge is 2.19. The van der Waals surface area contributed by atoms with E-state index in [1.165, 1.54) is 96.3 Å². The van der Waals surface area contributed by atoms with Crippen molar-refractivity contribution in [3.05, 3.63) is 158 Å². The predicted octanol–water partition coefficient (Wildman–Crippen LogP) is 23.3. The summed E-state index contributed by atoms with van der Waals surface area (Å²) in [5, 5.41) is 0. The first-order valence-corrected chi connectivity index (χ1v) is 33.5. The lowest BCUT2D eigenvalue weighted by molar-refractivity contribution is -0.167. The zero-order chi connectivity index (χ0) is 59.2. The van der Waals surface area contributed by atoms with Crippen LogP contribution in [-0.4, -0.2) is 37.2 Å². The number of hydrogen-bond acceptors (Lipinski definition) is 6. The van der Waals surface area contributed by atoms with Crippen LogP contribution >= 0.6 is 0 Å². The highest BCUT2D eigenvalue weighted by Crippen LogP contribution is 2.15. The fourth-order valence-electron chi connectivity index (χ4n) is 8.84. The molecule has 1 unspecified atom stereocenters. The summed E-state index contributed by atoms with van der Waals surface area (Å²) < 4.78 is 16.9. The van der Waals surface area contributed by atoms with Crippen molar-refractivity contribution in [1.82, 2.24) is 0 Å². The van der Waals surface area contributed by atoms with Crippen molar-refractivity contribution >= 4 is 17.9 Å². The first-order chi connectivity index (χ1) is 40.5. The first kappa shape index (κ1) is 77.0. The lowest BCUT2D eigenvalue weighted by Crippen LogP contribution is -2.30. The van der Waals surface area contributed by atoms with Gasteiger partial charge in [-0.3, -0.25) is 14.4 Å². The lowest BCUT2D eigenvalue weighted by atomic mass is 10.0. The van der Waals surface area contributed by atoms with Crippen molar-refractivity contribution in [1.29, 1.82) is 0 Å². The number of rotatable bonds is 59. The Hall–Kier alpha value is -4.97. The van der Waals surface area contributed by atoms with Crippen LogP contribution in [0.25, 0.3) is 0 Å². The molecule has 0 aromatic rings. The van der Waals surface area contributed by atoms with Crippen LogP contribution in [0.5, 0.6) is 0 Å². The van der Waals surface area contributed by atoms with Crippen molar-refractivity contribution in [2.75, 3.05) is 13.2 Å². The predicted molar refractivity (Wildman–Crippen MR) is 357 cm³/mol. The highest BCUT2D eigenvalue weighted by atomic mass is 16.6. The number of ether oxygens (including phenoxy) is 3. The molecule has 0 spiro atoms. The molecule has 0 aliphatic heterocycles. The maximum Gasteiger partial charge on any atom is 0.306 e. The van der Waals surface area contributed by atoms with Gasteiger partial charge < -0.3 is 14.2 Å². The average Bonchev–Trinajstić information content (AvgIpc) is 3.47. The van der Waals surface area contributed by atoms with E-state index >= 15 is 0 Å². The van der Waals surface area contributed by atoms with Crippen molar-refractivity contribution in [3.8, 4) is 0 Å². The molecule has 0 aromatic heterocycles. The van der Waals surface area contributed by atoms with Gasteiger partial charge in [-0.1, -0.05) is 294 Å². The summed E-state index contributed by atoms with van der Waals surface area (Å²) in [4.78, 5) is 38.3. The Morgan fingerprint density at radius 1 is 0.256 bits per heavy atom. The minimum Gasteiger partial charge on any atom is -0.462 e.